The standard InChI is InChI=1S/C17H28BrNO3/c1-4-7-8-22-17-10-15(18)13(9-16(17)21-6-3)11-19-14(5-2)12-20/h9-10,14,19-20H,4-8,11-12H2,1-3H3/p+1/t14-/m1/s1. The summed E-state index contributed by atoms with van der Waals surface area (Å²) >= 11 is 3.62. The summed E-state index contributed by atoms with van der Waals surface area (Å²) in [5.41, 5.74) is 1.15. The van der Waals surface area contributed by atoms with Crippen molar-refractivity contribution in [1.29, 1.82) is 0 Å². The third kappa shape index (κ3) is 6.15. The average Bonchev–Trinajstić information content (AvgIpc) is 2.52. The van der Waals surface area contributed by atoms with Crippen LogP contribution in [0, 0.1) is 0 Å². The molecule has 1 aromatic rings. The molecule has 1 aromatic carbocycles. The molecule has 0 unspecified atom stereocenters. The molecule has 0 aliphatic heterocycles. The fourth-order valence-corrected chi connectivity index (χ4v) is 2.59. The van der Waals surface area contributed by atoms with E-state index in [2.05, 4.69) is 35.1 Å². The van der Waals surface area contributed by atoms with Crippen LogP contribution in [0.25, 0.3) is 0 Å². The number of aliphatic hydroxyl groups is 1. The molecule has 1 atom stereocenters. The number of nitrogens with two attached hydrogens (primary N) is 1. The van der Waals surface area contributed by atoms with Gasteiger partial charge in [-0.3, -0.25) is 0 Å². The van der Waals surface area contributed by atoms with E-state index in [0.717, 1.165) is 47.3 Å². The maximum absolute atomic E-state index is 9.29. The highest BCUT2D eigenvalue weighted by atomic mass is 79.9. The van der Waals surface area contributed by atoms with Crippen LogP contribution in [0.4, 0.5) is 0 Å². The van der Waals surface area contributed by atoms with Crippen molar-refractivity contribution in [2.24, 2.45) is 0 Å². The number of unbranched alkanes of at least 4 members (excludes halogenated alkanes) is 1. The van der Waals surface area contributed by atoms with Gasteiger partial charge in [-0.25, -0.2) is 0 Å². The molecule has 1 rings (SSSR count). The van der Waals surface area contributed by atoms with Crippen molar-refractivity contribution in [1.82, 2.24) is 0 Å². The molecule has 5 heteroatoms. The zero-order valence-corrected chi connectivity index (χ0v) is 15.5. The topological polar surface area (TPSA) is 55.3 Å². The lowest BCUT2D eigenvalue weighted by atomic mass is 10.1. The fraction of sp³-hybridized carbons (Fsp3) is 0.647. The quantitative estimate of drug-likeness (QED) is 0.585. The third-order valence-corrected chi connectivity index (χ3v) is 4.34. The molecule has 0 aliphatic rings. The van der Waals surface area contributed by atoms with E-state index in [0.29, 0.717) is 13.2 Å². The lowest BCUT2D eigenvalue weighted by Gasteiger charge is -2.16. The number of ether oxygens (including phenoxy) is 2. The summed E-state index contributed by atoms with van der Waals surface area (Å²) in [5, 5.41) is 11.4. The molecule has 0 spiro atoms. The first-order valence-electron chi connectivity index (χ1n) is 8.18. The van der Waals surface area contributed by atoms with Crippen molar-refractivity contribution in [3.8, 4) is 11.5 Å². The Morgan fingerprint density at radius 3 is 2.50 bits per heavy atom. The first-order chi connectivity index (χ1) is 10.7. The Kier molecular flexibility index (Phi) is 9.52. The SMILES string of the molecule is CCCCOc1cc(Br)c(C[NH2+][C@H](CC)CO)cc1OCC. The molecule has 0 radical (unpaired) electrons. The fourth-order valence-electron chi connectivity index (χ4n) is 2.11. The van der Waals surface area contributed by atoms with E-state index < -0.39 is 0 Å². The first-order valence-corrected chi connectivity index (χ1v) is 8.97. The Hall–Kier alpha value is -0.780. The van der Waals surface area contributed by atoms with Gasteiger partial charge in [-0.15, -0.1) is 0 Å². The monoisotopic (exact) mass is 374 g/mol. The Labute approximate surface area is 142 Å². The van der Waals surface area contributed by atoms with E-state index in [1.54, 1.807) is 0 Å². The zero-order valence-electron chi connectivity index (χ0n) is 13.9. The predicted molar refractivity (Wildman–Crippen MR) is 92.5 cm³/mol. The number of hydrogen-bond donors (Lipinski definition) is 2. The number of benzene rings is 1. The summed E-state index contributed by atoms with van der Waals surface area (Å²) in [4.78, 5) is 0. The second kappa shape index (κ2) is 10.9. The predicted octanol–water partition coefficient (Wildman–Crippen LogP) is 2.86. The maximum Gasteiger partial charge on any atom is 0.162 e. The largest absolute Gasteiger partial charge is 0.490 e. The maximum atomic E-state index is 9.29. The van der Waals surface area contributed by atoms with Crippen LogP contribution in [0.15, 0.2) is 16.6 Å². The smallest absolute Gasteiger partial charge is 0.162 e. The van der Waals surface area contributed by atoms with Gasteiger partial charge in [0, 0.05) is 10.0 Å². The molecule has 0 saturated heterocycles. The van der Waals surface area contributed by atoms with Gasteiger partial charge in [-0.2, -0.15) is 0 Å². The van der Waals surface area contributed by atoms with Crippen LogP contribution in [-0.2, 0) is 6.54 Å². The van der Waals surface area contributed by atoms with Crippen molar-refractivity contribution in [2.75, 3.05) is 19.8 Å². The van der Waals surface area contributed by atoms with Gasteiger partial charge >= 0.3 is 0 Å². The van der Waals surface area contributed by atoms with Crippen LogP contribution in [0.1, 0.15) is 45.6 Å². The number of halogens is 1. The van der Waals surface area contributed by atoms with Gasteiger partial charge in [0.2, 0.25) is 0 Å². The molecule has 0 saturated carbocycles. The molecule has 0 fully saturated rings. The number of hydrogen-bond acceptors (Lipinski definition) is 3. The summed E-state index contributed by atoms with van der Waals surface area (Å²) in [6, 6.07) is 4.27. The van der Waals surface area contributed by atoms with Crippen molar-refractivity contribution in [2.45, 2.75) is 52.6 Å². The van der Waals surface area contributed by atoms with E-state index >= 15 is 0 Å². The van der Waals surface area contributed by atoms with Crippen LogP contribution in [0.3, 0.4) is 0 Å². The van der Waals surface area contributed by atoms with Gasteiger partial charge in [0.1, 0.15) is 12.6 Å². The van der Waals surface area contributed by atoms with Crippen LogP contribution in [0.2, 0.25) is 0 Å². The molecule has 0 amide bonds. The Bertz CT molecular complexity index is 436. The van der Waals surface area contributed by atoms with Gasteiger partial charge in [-0.05, 0) is 31.9 Å². The van der Waals surface area contributed by atoms with Gasteiger partial charge in [0.15, 0.2) is 11.5 Å². The van der Waals surface area contributed by atoms with E-state index in [1.807, 2.05) is 19.1 Å². The van der Waals surface area contributed by atoms with Crippen LogP contribution in [-0.4, -0.2) is 31.0 Å². The minimum atomic E-state index is 0.199. The zero-order chi connectivity index (χ0) is 16.4. The van der Waals surface area contributed by atoms with E-state index in [1.165, 1.54) is 0 Å². The number of aliphatic hydroxyl groups excluding tert-OH is 1. The van der Waals surface area contributed by atoms with Crippen molar-refractivity contribution >= 4 is 15.9 Å². The Balaban J connectivity index is 2.83. The van der Waals surface area contributed by atoms with E-state index in [4.69, 9.17) is 9.47 Å². The lowest BCUT2D eigenvalue weighted by molar-refractivity contribution is -0.706. The minimum absolute atomic E-state index is 0.199. The van der Waals surface area contributed by atoms with Gasteiger partial charge < -0.3 is 19.9 Å². The van der Waals surface area contributed by atoms with Gasteiger partial charge in [0.05, 0.1) is 19.8 Å². The summed E-state index contributed by atoms with van der Waals surface area (Å²) in [7, 11) is 0. The van der Waals surface area contributed by atoms with Crippen molar-refractivity contribution in [3.63, 3.8) is 0 Å². The van der Waals surface area contributed by atoms with Crippen molar-refractivity contribution in [3.05, 3.63) is 22.2 Å². The minimum Gasteiger partial charge on any atom is -0.490 e. The second-order valence-electron chi connectivity index (χ2n) is 5.32. The molecule has 0 aliphatic carbocycles. The summed E-state index contributed by atoms with van der Waals surface area (Å²) in [6.45, 7) is 8.53. The molecule has 3 N–H and O–H groups in total. The van der Waals surface area contributed by atoms with E-state index in [9.17, 15) is 5.11 Å². The molecule has 0 aromatic heterocycles. The van der Waals surface area contributed by atoms with E-state index in [-0.39, 0.29) is 12.6 Å². The summed E-state index contributed by atoms with van der Waals surface area (Å²) in [6.07, 6.45) is 3.09. The second-order valence-corrected chi connectivity index (χ2v) is 6.17. The van der Waals surface area contributed by atoms with Crippen LogP contribution < -0.4 is 14.8 Å². The van der Waals surface area contributed by atoms with Gasteiger partial charge in [0.25, 0.3) is 0 Å². The highest BCUT2D eigenvalue weighted by Gasteiger charge is 2.14. The molecule has 0 bridgehead atoms. The molecule has 0 heterocycles. The van der Waals surface area contributed by atoms with Gasteiger partial charge in [-0.1, -0.05) is 36.2 Å². The molecule has 126 valence electrons. The Morgan fingerprint density at radius 1 is 1.18 bits per heavy atom. The molecular formula is C17H29BrNO3+. The normalized spacial score (nSPS) is 12.2. The Morgan fingerprint density at radius 2 is 1.91 bits per heavy atom. The molecule has 4 nitrogen and oxygen atoms in total. The van der Waals surface area contributed by atoms with Crippen LogP contribution in [0.5, 0.6) is 11.5 Å². The summed E-state index contributed by atoms with van der Waals surface area (Å²) < 4.78 is 12.6. The highest BCUT2D eigenvalue weighted by Crippen LogP contribution is 2.33. The first kappa shape index (κ1) is 19.3. The molecular weight excluding hydrogens is 346 g/mol. The summed E-state index contributed by atoms with van der Waals surface area (Å²) in [5.74, 6) is 1.59. The number of rotatable bonds is 11. The molecule has 22 heavy (non-hydrogen) atoms. The third-order valence-electron chi connectivity index (χ3n) is 3.60. The van der Waals surface area contributed by atoms with Crippen molar-refractivity contribution < 1.29 is 19.9 Å². The highest BCUT2D eigenvalue weighted by molar-refractivity contribution is 9.10. The van der Waals surface area contributed by atoms with Crippen LogP contribution >= 0.6 is 15.9 Å². The lowest BCUT2D eigenvalue weighted by Crippen LogP contribution is -2.89. The number of quaternary nitrogens is 1. The average molecular weight is 375 g/mol.